The van der Waals surface area contributed by atoms with Gasteiger partial charge in [-0.2, -0.15) is 5.10 Å². The van der Waals surface area contributed by atoms with Gasteiger partial charge in [0.25, 0.3) is 0 Å². The number of rotatable bonds is 4. The maximum atomic E-state index is 12.7. The number of carbonyl (C=O) groups excluding carboxylic acids is 2. The highest BCUT2D eigenvalue weighted by Gasteiger charge is 2.28. The molecule has 3 amide bonds. The van der Waals surface area contributed by atoms with Crippen molar-refractivity contribution < 1.29 is 9.59 Å². The molecule has 7 nitrogen and oxygen atoms in total. The number of likely N-dealkylation sites (tertiary alicyclic amines) is 1. The van der Waals surface area contributed by atoms with E-state index in [4.69, 9.17) is 0 Å². The maximum absolute atomic E-state index is 12.7. The average molecular weight is 341 g/mol. The molecule has 3 rings (SSSR count). The van der Waals surface area contributed by atoms with Crippen LogP contribution in [0.15, 0.2) is 36.7 Å². The first-order chi connectivity index (χ1) is 12.2. The van der Waals surface area contributed by atoms with Crippen molar-refractivity contribution in [1.82, 2.24) is 20.4 Å². The average Bonchev–Trinajstić information content (AvgIpc) is 3.18. The Morgan fingerprint density at radius 3 is 2.76 bits per heavy atom. The Kier molecular flexibility index (Phi) is 5.33. The summed E-state index contributed by atoms with van der Waals surface area (Å²) in [6.07, 6.45) is 7.02. The fraction of sp³-hybridized carbons (Fsp3) is 0.389. The highest BCUT2D eigenvalue weighted by molar-refractivity contribution is 5.89. The van der Waals surface area contributed by atoms with Gasteiger partial charge in [0.1, 0.15) is 0 Å². The molecule has 1 aliphatic rings. The molecule has 1 saturated heterocycles. The molecule has 25 heavy (non-hydrogen) atoms. The lowest BCUT2D eigenvalue weighted by Gasteiger charge is -2.35. The number of amides is 3. The standard InChI is InChI=1S/C18H23N5O2/c1-19-17(24)10-13-5-7-15(8-6-13)22-18(25)23-9-3-2-4-16(23)14-11-20-21-12-14/h5-8,11-12,16H,2-4,9-10H2,1H3,(H,19,24)(H,20,21)(H,22,25)/t16-/m1/s1. The fourth-order valence-corrected chi connectivity index (χ4v) is 3.14. The molecule has 1 fully saturated rings. The number of carbonyl (C=O) groups is 2. The second-order valence-electron chi connectivity index (χ2n) is 6.21. The monoisotopic (exact) mass is 341 g/mol. The molecule has 1 aromatic heterocycles. The zero-order valence-corrected chi connectivity index (χ0v) is 14.3. The van der Waals surface area contributed by atoms with Crippen LogP contribution < -0.4 is 10.6 Å². The lowest BCUT2D eigenvalue weighted by Crippen LogP contribution is -2.41. The van der Waals surface area contributed by atoms with Gasteiger partial charge in [-0.25, -0.2) is 4.79 Å². The van der Waals surface area contributed by atoms with Gasteiger partial charge in [0.2, 0.25) is 5.91 Å². The van der Waals surface area contributed by atoms with E-state index in [1.54, 1.807) is 13.2 Å². The van der Waals surface area contributed by atoms with Crippen LogP contribution in [0, 0.1) is 0 Å². The number of benzene rings is 1. The maximum Gasteiger partial charge on any atom is 0.322 e. The van der Waals surface area contributed by atoms with E-state index in [-0.39, 0.29) is 18.0 Å². The van der Waals surface area contributed by atoms with Crippen LogP contribution in [-0.4, -0.2) is 40.6 Å². The Morgan fingerprint density at radius 2 is 2.08 bits per heavy atom. The van der Waals surface area contributed by atoms with E-state index < -0.39 is 0 Å². The zero-order valence-electron chi connectivity index (χ0n) is 14.3. The van der Waals surface area contributed by atoms with Crippen molar-refractivity contribution in [2.75, 3.05) is 18.9 Å². The van der Waals surface area contributed by atoms with Crippen molar-refractivity contribution in [1.29, 1.82) is 0 Å². The van der Waals surface area contributed by atoms with Crippen LogP contribution in [0.3, 0.4) is 0 Å². The first-order valence-corrected chi connectivity index (χ1v) is 8.53. The Hall–Kier alpha value is -2.83. The van der Waals surface area contributed by atoms with Crippen molar-refractivity contribution in [3.05, 3.63) is 47.8 Å². The summed E-state index contributed by atoms with van der Waals surface area (Å²) >= 11 is 0. The molecule has 0 aliphatic carbocycles. The van der Waals surface area contributed by atoms with E-state index in [9.17, 15) is 9.59 Å². The summed E-state index contributed by atoms with van der Waals surface area (Å²) in [6, 6.07) is 7.31. The molecule has 1 aromatic carbocycles. The van der Waals surface area contributed by atoms with Gasteiger partial charge in [-0.15, -0.1) is 0 Å². The van der Waals surface area contributed by atoms with Gasteiger partial charge in [-0.05, 0) is 37.0 Å². The molecule has 2 aromatic rings. The van der Waals surface area contributed by atoms with Crippen LogP contribution in [0.2, 0.25) is 0 Å². The number of piperidine rings is 1. The Morgan fingerprint density at radius 1 is 1.28 bits per heavy atom. The first kappa shape index (κ1) is 17.0. The molecule has 132 valence electrons. The number of urea groups is 1. The van der Waals surface area contributed by atoms with Crippen LogP contribution in [-0.2, 0) is 11.2 Å². The summed E-state index contributed by atoms with van der Waals surface area (Å²) in [5.74, 6) is -0.0342. The van der Waals surface area contributed by atoms with E-state index in [0.29, 0.717) is 6.42 Å². The molecule has 0 spiro atoms. The molecule has 2 heterocycles. The minimum Gasteiger partial charge on any atom is -0.359 e. The number of H-pyrrole nitrogens is 1. The van der Waals surface area contributed by atoms with Gasteiger partial charge in [-0.3, -0.25) is 9.89 Å². The second kappa shape index (κ2) is 7.83. The van der Waals surface area contributed by atoms with Gasteiger partial charge in [0.05, 0.1) is 18.7 Å². The number of hydrogen-bond acceptors (Lipinski definition) is 3. The van der Waals surface area contributed by atoms with Crippen molar-refractivity contribution in [3.63, 3.8) is 0 Å². The third-order valence-corrected chi connectivity index (χ3v) is 4.52. The molecule has 0 bridgehead atoms. The number of aromatic nitrogens is 2. The van der Waals surface area contributed by atoms with E-state index in [1.165, 1.54) is 0 Å². The van der Waals surface area contributed by atoms with Gasteiger partial charge >= 0.3 is 6.03 Å². The number of likely N-dealkylation sites (N-methyl/N-ethyl adjacent to an activating group) is 1. The molecule has 0 radical (unpaired) electrons. The van der Waals surface area contributed by atoms with Crippen LogP contribution >= 0.6 is 0 Å². The highest BCUT2D eigenvalue weighted by atomic mass is 16.2. The van der Waals surface area contributed by atoms with Crippen molar-refractivity contribution in [2.24, 2.45) is 0 Å². The summed E-state index contributed by atoms with van der Waals surface area (Å²) in [5, 5.41) is 12.4. The molecular weight excluding hydrogens is 318 g/mol. The summed E-state index contributed by atoms with van der Waals surface area (Å²) in [5.41, 5.74) is 2.67. The number of nitrogens with zero attached hydrogens (tertiary/aromatic N) is 2. The van der Waals surface area contributed by atoms with Crippen molar-refractivity contribution >= 4 is 17.6 Å². The van der Waals surface area contributed by atoms with E-state index in [1.807, 2.05) is 35.4 Å². The van der Waals surface area contributed by atoms with Gasteiger partial charge in [0.15, 0.2) is 0 Å². The lowest BCUT2D eigenvalue weighted by molar-refractivity contribution is -0.119. The topological polar surface area (TPSA) is 90.1 Å². The minimum atomic E-state index is -0.107. The third-order valence-electron chi connectivity index (χ3n) is 4.52. The number of anilines is 1. The number of hydrogen-bond donors (Lipinski definition) is 3. The van der Waals surface area contributed by atoms with Crippen LogP contribution in [0.4, 0.5) is 10.5 Å². The van der Waals surface area contributed by atoms with E-state index in [2.05, 4.69) is 20.8 Å². The quantitative estimate of drug-likeness (QED) is 0.798. The first-order valence-electron chi connectivity index (χ1n) is 8.53. The summed E-state index contributed by atoms with van der Waals surface area (Å²) < 4.78 is 0. The lowest BCUT2D eigenvalue weighted by atomic mass is 9.98. The zero-order chi connectivity index (χ0) is 17.6. The molecule has 0 saturated carbocycles. The molecule has 7 heteroatoms. The largest absolute Gasteiger partial charge is 0.359 e. The molecule has 1 atom stereocenters. The van der Waals surface area contributed by atoms with Crippen molar-refractivity contribution in [3.8, 4) is 0 Å². The molecule has 3 N–H and O–H groups in total. The Labute approximate surface area is 146 Å². The van der Waals surface area contributed by atoms with Crippen LogP contribution in [0.25, 0.3) is 0 Å². The van der Waals surface area contributed by atoms with Gasteiger partial charge in [0, 0.05) is 31.0 Å². The van der Waals surface area contributed by atoms with Crippen LogP contribution in [0.1, 0.15) is 36.4 Å². The predicted octanol–water partition coefficient (Wildman–Crippen LogP) is 2.46. The Balaban J connectivity index is 1.65. The van der Waals surface area contributed by atoms with Crippen molar-refractivity contribution in [2.45, 2.75) is 31.7 Å². The molecule has 1 aliphatic heterocycles. The molecule has 0 unspecified atom stereocenters. The number of aromatic amines is 1. The predicted molar refractivity (Wildman–Crippen MR) is 95.1 cm³/mol. The van der Waals surface area contributed by atoms with E-state index >= 15 is 0 Å². The second-order valence-corrected chi connectivity index (χ2v) is 6.21. The third kappa shape index (κ3) is 4.17. The minimum absolute atomic E-state index is 0.0342. The summed E-state index contributed by atoms with van der Waals surface area (Å²) in [4.78, 5) is 26.0. The fourth-order valence-electron chi connectivity index (χ4n) is 3.14. The molecular formula is C18H23N5O2. The Bertz CT molecular complexity index is 712. The summed E-state index contributed by atoms with van der Waals surface area (Å²) in [6.45, 7) is 0.733. The summed E-state index contributed by atoms with van der Waals surface area (Å²) in [7, 11) is 1.62. The number of nitrogens with one attached hydrogen (secondary N) is 3. The smallest absolute Gasteiger partial charge is 0.322 e. The SMILES string of the molecule is CNC(=O)Cc1ccc(NC(=O)N2CCCC[C@@H]2c2cn[nH]c2)cc1. The normalized spacial score (nSPS) is 17.2. The van der Waals surface area contributed by atoms with Gasteiger partial charge < -0.3 is 15.5 Å². The highest BCUT2D eigenvalue weighted by Crippen LogP contribution is 2.30. The van der Waals surface area contributed by atoms with Gasteiger partial charge in [-0.1, -0.05) is 12.1 Å². The van der Waals surface area contributed by atoms with Crippen LogP contribution in [0.5, 0.6) is 0 Å². The van der Waals surface area contributed by atoms with E-state index in [0.717, 1.165) is 42.6 Å².